The molecule has 146 valence electrons. The summed E-state index contributed by atoms with van der Waals surface area (Å²) in [7, 11) is 4.64. The monoisotopic (exact) mass is 398 g/mol. The highest BCUT2D eigenvalue weighted by molar-refractivity contribution is 7.80. The van der Waals surface area contributed by atoms with E-state index >= 15 is 0 Å². The van der Waals surface area contributed by atoms with Crippen molar-refractivity contribution in [3.63, 3.8) is 0 Å². The molecule has 1 aliphatic rings. The summed E-state index contributed by atoms with van der Waals surface area (Å²) in [4.78, 5) is 14.4. The van der Waals surface area contributed by atoms with Crippen LogP contribution in [0.15, 0.2) is 48.2 Å². The molecule has 2 aromatic rings. The third-order valence-electron chi connectivity index (χ3n) is 4.43. The van der Waals surface area contributed by atoms with Crippen molar-refractivity contribution < 1.29 is 19.0 Å². The summed E-state index contributed by atoms with van der Waals surface area (Å²) in [5.41, 5.74) is 2.30. The lowest BCUT2D eigenvalue weighted by Gasteiger charge is -2.14. The van der Waals surface area contributed by atoms with Crippen LogP contribution in [0.4, 0.5) is 0 Å². The van der Waals surface area contributed by atoms with E-state index in [4.69, 9.17) is 26.4 Å². The SMILES string of the molecule is COc1cc(/C=C2\NC(=S)N(CCc3ccccc3)C2=O)cc(OC)c1OC. The standard InChI is InChI=1S/C21H22N2O4S/c1-25-17-12-15(13-18(26-2)19(17)27-3)11-16-20(24)23(21(28)22-16)10-9-14-7-5-4-6-8-14/h4-8,11-13H,9-10H2,1-3H3,(H,22,28)/b16-11-. The summed E-state index contributed by atoms with van der Waals surface area (Å²) in [6, 6.07) is 13.5. The average Bonchev–Trinajstić information content (AvgIpc) is 2.98. The van der Waals surface area contributed by atoms with Gasteiger partial charge in [0.15, 0.2) is 16.6 Å². The molecule has 0 atom stereocenters. The van der Waals surface area contributed by atoms with Crippen molar-refractivity contribution >= 4 is 29.3 Å². The summed E-state index contributed by atoms with van der Waals surface area (Å²) in [6.07, 6.45) is 2.45. The van der Waals surface area contributed by atoms with Gasteiger partial charge in [-0.1, -0.05) is 30.3 Å². The second kappa shape index (κ2) is 8.75. The zero-order valence-corrected chi connectivity index (χ0v) is 16.8. The van der Waals surface area contributed by atoms with E-state index in [9.17, 15) is 4.79 Å². The molecule has 2 aromatic carbocycles. The Morgan fingerprint density at radius 3 is 2.25 bits per heavy atom. The summed E-state index contributed by atoms with van der Waals surface area (Å²) >= 11 is 5.35. The van der Waals surface area contributed by atoms with Gasteiger partial charge in [-0.05, 0) is 48.0 Å². The van der Waals surface area contributed by atoms with E-state index in [-0.39, 0.29) is 5.91 Å². The number of carbonyl (C=O) groups excluding carboxylic acids is 1. The molecule has 1 aliphatic heterocycles. The van der Waals surface area contributed by atoms with Crippen molar-refractivity contribution in [3.05, 3.63) is 59.3 Å². The summed E-state index contributed by atoms with van der Waals surface area (Å²) in [5, 5.41) is 3.40. The van der Waals surface area contributed by atoms with Crippen molar-refractivity contribution in [3.8, 4) is 17.2 Å². The summed E-state index contributed by atoms with van der Waals surface area (Å²) in [5.74, 6) is 1.37. The molecule has 1 N–H and O–H groups in total. The first-order chi connectivity index (χ1) is 13.6. The third-order valence-corrected chi connectivity index (χ3v) is 4.75. The Bertz CT molecular complexity index is 887. The average molecular weight is 398 g/mol. The van der Waals surface area contributed by atoms with Crippen molar-refractivity contribution in [2.75, 3.05) is 27.9 Å². The quantitative estimate of drug-likeness (QED) is 0.572. The van der Waals surface area contributed by atoms with Gasteiger partial charge >= 0.3 is 0 Å². The molecule has 1 heterocycles. The highest BCUT2D eigenvalue weighted by atomic mass is 32.1. The predicted octanol–water partition coefficient (Wildman–Crippen LogP) is 3.01. The van der Waals surface area contributed by atoms with Gasteiger partial charge in [0, 0.05) is 6.54 Å². The zero-order chi connectivity index (χ0) is 20.1. The molecule has 0 aromatic heterocycles. The highest BCUT2D eigenvalue weighted by Gasteiger charge is 2.30. The molecule has 6 nitrogen and oxygen atoms in total. The highest BCUT2D eigenvalue weighted by Crippen LogP contribution is 2.38. The van der Waals surface area contributed by atoms with Gasteiger partial charge in [0.2, 0.25) is 5.75 Å². The van der Waals surface area contributed by atoms with Gasteiger partial charge in [0.1, 0.15) is 5.70 Å². The first-order valence-electron chi connectivity index (χ1n) is 8.76. The molecule has 1 amide bonds. The number of rotatable bonds is 7. The van der Waals surface area contributed by atoms with Gasteiger partial charge in [0.25, 0.3) is 5.91 Å². The zero-order valence-electron chi connectivity index (χ0n) is 16.0. The molecular formula is C21H22N2O4S. The smallest absolute Gasteiger partial charge is 0.276 e. The molecule has 3 rings (SSSR count). The van der Waals surface area contributed by atoms with Crippen LogP contribution in [0, 0.1) is 0 Å². The van der Waals surface area contributed by atoms with Crippen molar-refractivity contribution in [1.82, 2.24) is 10.2 Å². The van der Waals surface area contributed by atoms with Gasteiger partial charge in [-0.25, -0.2) is 0 Å². The van der Waals surface area contributed by atoms with E-state index in [0.29, 0.717) is 34.6 Å². The number of amides is 1. The molecule has 1 saturated heterocycles. The first kappa shape index (κ1) is 19.7. The number of carbonyl (C=O) groups is 1. The molecule has 7 heteroatoms. The number of hydrogen-bond donors (Lipinski definition) is 1. The number of benzene rings is 2. The van der Waals surface area contributed by atoms with Crippen molar-refractivity contribution in [2.45, 2.75) is 6.42 Å². The molecule has 0 aliphatic carbocycles. The second-order valence-electron chi connectivity index (χ2n) is 6.14. The molecule has 0 unspecified atom stereocenters. The Morgan fingerprint density at radius 2 is 1.68 bits per heavy atom. The van der Waals surface area contributed by atoms with Crippen LogP contribution in [-0.2, 0) is 11.2 Å². The Balaban J connectivity index is 1.81. The molecule has 0 saturated carbocycles. The van der Waals surface area contributed by atoms with Gasteiger partial charge in [-0.15, -0.1) is 0 Å². The van der Waals surface area contributed by atoms with Crippen LogP contribution in [0.25, 0.3) is 6.08 Å². The van der Waals surface area contributed by atoms with Crippen LogP contribution >= 0.6 is 12.2 Å². The van der Waals surface area contributed by atoms with Crippen LogP contribution in [-0.4, -0.2) is 43.8 Å². The number of nitrogens with zero attached hydrogens (tertiary/aromatic N) is 1. The molecular weight excluding hydrogens is 376 g/mol. The van der Waals surface area contributed by atoms with Gasteiger partial charge in [-0.2, -0.15) is 0 Å². The minimum Gasteiger partial charge on any atom is -0.493 e. The van der Waals surface area contributed by atoms with Crippen LogP contribution in [0.3, 0.4) is 0 Å². The van der Waals surface area contributed by atoms with E-state index in [0.717, 1.165) is 17.5 Å². The minimum atomic E-state index is -0.158. The van der Waals surface area contributed by atoms with Crippen LogP contribution in [0.5, 0.6) is 17.2 Å². The maximum absolute atomic E-state index is 12.8. The van der Waals surface area contributed by atoms with E-state index in [1.165, 1.54) is 0 Å². The summed E-state index contributed by atoms with van der Waals surface area (Å²) < 4.78 is 16.1. The number of ether oxygens (including phenoxy) is 3. The molecule has 1 fully saturated rings. The number of nitrogens with one attached hydrogen (secondary N) is 1. The number of thiocarbonyl (C=S) groups is 1. The van der Waals surface area contributed by atoms with Crippen LogP contribution < -0.4 is 19.5 Å². The fourth-order valence-electron chi connectivity index (χ4n) is 3.01. The van der Waals surface area contributed by atoms with Crippen molar-refractivity contribution in [1.29, 1.82) is 0 Å². The van der Waals surface area contributed by atoms with Gasteiger partial charge < -0.3 is 19.5 Å². The van der Waals surface area contributed by atoms with Gasteiger partial charge in [0.05, 0.1) is 21.3 Å². The van der Waals surface area contributed by atoms with Crippen LogP contribution in [0.2, 0.25) is 0 Å². The Morgan fingerprint density at radius 1 is 1.04 bits per heavy atom. The molecule has 0 radical (unpaired) electrons. The molecule has 0 spiro atoms. The van der Waals surface area contributed by atoms with Crippen molar-refractivity contribution in [2.24, 2.45) is 0 Å². The first-order valence-corrected chi connectivity index (χ1v) is 9.16. The minimum absolute atomic E-state index is 0.158. The summed E-state index contributed by atoms with van der Waals surface area (Å²) in [6.45, 7) is 0.515. The Hall–Kier alpha value is -3.06. The maximum atomic E-state index is 12.8. The Kier molecular flexibility index (Phi) is 6.16. The third kappa shape index (κ3) is 4.09. The lowest BCUT2D eigenvalue weighted by molar-refractivity contribution is -0.122. The maximum Gasteiger partial charge on any atom is 0.276 e. The molecule has 28 heavy (non-hydrogen) atoms. The predicted molar refractivity (Wildman–Crippen MR) is 112 cm³/mol. The normalized spacial score (nSPS) is 15.0. The van der Waals surface area contributed by atoms with Gasteiger partial charge in [-0.3, -0.25) is 9.69 Å². The van der Waals surface area contributed by atoms with E-state index in [2.05, 4.69) is 5.32 Å². The topological polar surface area (TPSA) is 60.0 Å². The van der Waals surface area contributed by atoms with E-state index < -0.39 is 0 Å². The Labute approximate surface area is 169 Å². The fraction of sp³-hybridized carbons (Fsp3) is 0.238. The van der Waals surface area contributed by atoms with E-state index in [1.54, 1.807) is 44.4 Å². The molecule has 0 bridgehead atoms. The lowest BCUT2D eigenvalue weighted by atomic mass is 10.1. The second-order valence-corrected chi connectivity index (χ2v) is 6.53. The number of hydrogen-bond acceptors (Lipinski definition) is 5. The number of methoxy groups -OCH3 is 3. The van der Waals surface area contributed by atoms with Crippen LogP contribution in [0.1, 0.15) is 11.1 Å². The van der Waals surface area contributed by atoms with E-state index in [1.807, 2.05) is 30.3 Å². The largest absolute Gasteiger partial charge is 0.493 e. The fourth-order valence-corrected chi connectivity index (χ4v) is 3.30. The lowest BCUT2D eigenvalue weighted by Crippen LogP contribution is -2.32.